The van der Waals surface area contributed by atoms with Crippen LogP contribution in [0.4, 0.5) is 5.82 Å². The molecule has 0 amide bonds. The lowest BCUT2D eigenvalue weighted by Gasteiger charge is -2.12. The molecular weight excluding hydrogens is 242 g/mol. The fourth-order valence-electron chi connectivity index (χ4n) is 1.48. The van der Waals surface area contributed by atoms with Gasteiger partial charge in [-0.05, 0) is 18.8 Å². The molecule has 1 aliphatic rings. The summed E-state index contributed by atoms with van der Waals surface area (Å²) >= 11 is 1.20. The van der Waals surface area contributed by atoms with E-state index in [1.165, 1.54) is 24.9 Å². The van der Waals surface area contributed by atoms with Crippen LogP contribution >= 0.6 is 11.8 Å². The SMILES string of the molecule is COC(=O)C(Sc1nc(N)cc(=O)[nH]1)C1CC1. The number of H-pyrrole nitrogens is 1. The largest absolute Gasteiger partial charge is 0.468 e. The van der Waals surface area contributed by atoms with Crippen molar-refractivity contribution >= 4 is 23.5 Å². The van der Waals surface area contributed by atoms with Gasteiger partial charge in [-0.15, -0.1) is 0 Å². The molecule has 0 spiro atoms. The van der Waals surface area contributed by atoms with Gasteiger partial charge in [0.25, 0.3) is 5.56 Å². The molecule has 17 heavy (non-hydrogen) atoms. The first-order valence-corrected chi connectivity index (χ1v) is 6.09. The number of carbonyl (C=O) groups is 1. The molecule has 1 aliphatic carbocycles. The molecule has 1 saturated carbocycles. The normalized spacial score (nSPS) is 16.5. The van der Waals surface area contributed by atoms with Crippen molar-refractivity contribution in [3.05, 3.63) is 16.4 Å². The molecule has 1 aromatic rings. The van der Waals surface area contributed by atoms with E-state index < -0.39 is 0 Å². The van der Waals surface area contributed by atoms with Gasteiger partial charge in [0.1, 0.15) is 11.1 Å². The van der Waals surface area contributed by atoms with Crippen molar-refractivity contribution in [3.8, 4) is 0 Å². The van der Waals surface area contributed by atoms with E-state index in [-0.39, 0.29) is 22.6 Å². The molecule has 1 aromatic heterocycles. The quantitative estimate of drug-likeness (QED) is 0.459. The van der Waals surface area contributed by atoms with Crippen LogP contribution in [0.2, 0.25) is 0 Å². The van der Waals surface area contributed by atoms with Gasteiger partial charge in [0.15, 0.2) is 5.16 Å². The van der Waals surface area contributed by atoms with Crippen LogP contribution in [0.1, 0.15) is 12.8 Å². The number of hydrogen-bond acceptors (Lipinski definition) is 6. The molecule has 2 rings (SSSR count). The maximum atomic E-state index is 11.6. The van der Waals surface area contributed by atoms with E-state index in [4.69, 9.17) is 10.5 Å². The number of anilines is 1. The molecule has 6 nitrogen and oxygen atoms in total. The number of hydrogen-bond donors (Lipinski definition) is 2. The average molecular weight is 255 g/mol. The molecule has 1 heterocycles. The van der Waals surface area contributed by atoms with Gasteiger partial charge >= 0.3 is 5.97 Å². The maximum absolute atomic E-state index is 11.6. The topological polar surface area (TPSA) is 98.1 Å². The summed E-state index contributed by atoms with van der Waals surface area (Å²) in [6.07, 6.45) is 2.00. The number of esters is 1. The van der Waals surface area contributed by atoms with Crippen LogP contribution in [0.15, 0.2) is 16.0 Å². The summed E-state index contributed by atoms with van der Waals surface area (Å²) in [6.45, 7) is 0. The Balaban J connectivity index is 2.16. The Morgan fingerprint density at radius 3 is 2.94 bits per heavy atom. The monoisotopic (exact) mass is 255 g/mol. The third-order valence-corrected chi connectivity index (χ3v) is 3.71. The molecule has 0 radical (unpaired) electrons. The zero-order valence-corrected chi connectivity index (χ0v) is 10.1. The van der Waals surface area contributed by atoms with E-state index in [1.54, 1.807) is 0 Å². The van der Waals surface area contributed by atoms with Crippen molar-refractivity contribution < 1.29 is 9.53 Å². The highest BCUT2D eigenvalue weighted by molar-refractivity contribution is 8.00. The number of nitrogens with two attached hydrogens (primary N) is 1. The minimum absolute atomic E-state index is 0.149. The predicted octanol–water partition coefficient (Wildman–Crippen LogP) is 0.396. The van der Waals surface area contributed by atoms with E-state index in [2.05, 4.69) is 9.97 Å². The number of ether oxygens (including phenoxy) is 1. The molecule has 0 bridgehead atoms. The van der Waals surface area contributed by atoms with Crippen molar-refractivity contribution in [2.75, 3.05) is 12.8 Å². The Bertz CT molecular complexity index is 484. The molecular formula is C10H13N3O3S. The van der Waals surface area contributed by atoms with Crippen LogP contribution in [-0.2, 0) is 9.53 Å². The van der Waals surface area contributed by atoms with Crippen molar-refractivity contribution in [2.45, 2.75) is 23.2 Å². The molecule has 1 atom stereocenters. The number of aromatic amines is 1. The second-order valence-corrected chi connectivity index (χ2v) is 5.00. The van der Waals surface area contributed by atoms with Gasteiger partial charge in [-0.1, -0.05) is 11.8 Å². The number of nitrogens with one attached hydrogen (secondary N) is 1. The fourth-order valence-corrected chi connectivity index (χ4v) is 2.70. The molecule has 0 saturated heterocycles. The number of methoxy groups -OCH3 is 1. The molecule has 3 N–H and O–H groups in total. The number of nitrogen functional groups attached to an aromatic ring is 1. The van der Waals surface area contributed by atoms with Crippen LogP contribution in [0, 0.1) is 5.92 Å². The van der Waals surface area contributed by atoms with Crippen LogP contribution < -0.4 is 11.3 Å². The molecule has 1 fully saturated rings. The first kappa shape index (κ1) is 12.0. The second kappa shape index (κ2) is 4.79. The zero-order valence-electron chi connectivity index (χ0n) is 9.30. The third kappa shape index (κ3) is 3.00. The summed E-state index contributed by atoms with van der Waals surface area (Å²) in [4.78, 5) is 29.3. The van der Waals surface area contributed by atoms with Gasteiger partial charge in [-0.3, -0.25) is 9.59 Å². The van der Waals surface area contributed by atoms with Crippen molar-refractivity contribution in [1.29, 1.82) is 0 Å². The third-order valence-electron chi connectivity index (χ3n) is 2.46. The van der Waals surface area contributed by atoms with E-state index in [9.17, 15) is 9.59 Å². The first-order chi connectivity index (χ1) is 8.10. The number of rotatable bonds is 4. The van der Waals surface area contributed by atoms with Gasteiger partial charge < -0.3 is 15.5 Å². The Labute approximate surface area is 102 Å². The van der Waals surface area contributed by atoms with Crippen molar-refractivity contribution in [3.63, 3.8) is 0 Å². The van der Waals surface area contributed by atoms with Crippen LogP contribution in [0.5, 0.6) is 0 Å². The Kier molecular flexibility index (Phi) is 3.37. The number of thioether (sulfide) groups is 1. The van der Waals surface area contributed by atoms with Crippen LogP contribution in [0.3, 0.4) is 0 Å². The van der Waals surface area contributed by atoms with E-state index >= 15 is 0 Å². The van der Waals surface area contributed by atoms with Gasteiger partial charge in [0.05, 0.1) is 7.11 Å². The fraction of sp³-hybridized carbons (Fsp3) is 0.500. The summed E-state index contributed by atoms with van der Waals surface area (Å²) in [5.74, 6) is 0.164. The summed E-state index contributed by atoms with van der Waals surface area (Å²) in [5.41, 5.74) is 5.15. The maximum Gasteiger partial charge on any atom is 0.319 e. The van der Waals surface area contributed by atoms with Gasteiger partial charge in [0.2, 0.25) is 0 Å². The molecule has 1 unspecified atom stereocenters. The predicted molar refractivity (Wildman–Crippen MR) is 63.7 cm³/mol. The Morgan fingerprint density at radius 2 is 2.41 bits per heavy atom. The minimum atomic E-state index is -0.320. The van der Waals surface area contributed by atoms with E-state index in [0.717, 1.165) is 12.8 Å². The molecule has 7 heteroatoms. The Morgan fingerprint density at radius 1 is 1.71 bits per heavy atom. The Hall–Kier alpha value is -1.50. The smallest absolute Gasteiger partial charge is 0.319 e. The van der Waals surface area contributed by atoms with Crippen molar-refractivity contribution in [1.82, 2.24) is 9.97 Å². The van der Waals surface area contributed by atoms with Crippen LogP contribution in [-0.4, -0.2) is 28.3 Å². The highest BCUT2D eigenvalue weighted by Gasteiger charge is 2.38. The minimum Gasteiger partial charge on any atom is -0.468 e. The lowest BCUT2D eigenvalue weighted by molar-refractivity contribution is -0.140. The zero-order chi connectivity index (χ0) is 12.4. The lowest BCUT2D eigenvalue weighted by Crippen LogP contribution is -2.22. The van der Waals surface area contributed by atoms with Gasteiger partial charge in [-0.25, -0.2) is 4.98 Å². The van der Waals surface area contributed by atoms with Gasteiger partial charge in [0, 0.05) is 6.07 Å². The average Bonchev–Trinajstić information content (AvgIpc) is 3.07. The highest BCUT2D eigenvalue weighted by Crippen LogP contribution is 2.41. The molecule has 92 valence electrons. The van der Waals surface area contributed by atoms with Crippen molar-refractivity contribution in [2.24, 2.45) is 5.92 Å². The first-order valence-electron chi connectivity index (χ1n) is 5.21. The van der Waals surface area contributed by atoms with Gasteiger partial charge in [-0.2, -0.15) is 0 Å². The lowest BCUT2D eigenvalue weighted by atomic mass is 10.3. The second-order valence-electron chi connectivity index (χ2n) is 3.87. The number of carbonyl (C=O) groups excluding carboxylic acids is 1. The highest BCUT2D eigenvalue weighted by atomic mass is 32.2. The standard InChI is InChI=1S/C10H13N3O3S/c1-16-9(15)8(5-2-3-5)17-10-12-6(11)4-7(14)13-10/h4-5,8H,2-3H2,1H3,(H3,11,12,13,14). The van der Waals surface area contributed by atoms with E-state index in [1.807, 2.05) is 0 Å². The summed E-state index contributed by atoms with van der Waals surface area (Å²) < 4.78 is 4.74. The van der Waals surface area contributed by atoms with E-state index in [0.29, 0.717) is 11.1 Å². The summed E-state index contributed by atoms with van der Waals surface area (Å²) in [7, 11) is 1.35. The molecule has 0 aliphatic heterocycles. The van der Waals surface area contributed by atoms with Crippen LogP contribution in [0.25, 0.3) is 0 Å². The summed E-state index contributed by atoms with van der Waals surface area (Å²) in [5, 5.41) is 0.0437. The molecule has 0 aromatic carbocycles. The summed E-state index contributed by atoms with van der Waals surface area (Å²) in [6, 6.07) is 1.20. The number of nitrogens with zero attached hydrogens (tertiary/aromatic N) is 1. The number of aromatic nitrogens is 2.